The van der Waals surface area contributed by atoms with Crippen LogP contribution < -0.4 is 0 Å². The molecule has 4 aromatic heterocycles. The van der Waals surface area contributed by atoms with E-state index in [0.29, 0.717) is 17.3 Å². The molecule has 5 aliphatic rings. The number of fused-ring (bicyclic) bond motifs is 5. The Hall–Kier alpha value is -2.42. The van der Waals surface area contributed by atoms with Crippen molar-refractivity contribution in [2.24, 2.45) is 23.2 Å². The Bertz CT molecular complexity index is 1470. The molecule has 0 spiro atoms. The molecule has 4 bridgehead atoms. The van der Waals surface area contributed by atoms with Crippen LogP contribution in [0.3, 0.4) is 0 Å². The summed E-state index contributed by atoms with van der Waals surface area (Å²) in [5.41, 5.74) is 2.86. The highest BCUT2D eigenvalue weighted by atomic mass is 32.1. The Labute approximate surface area is 214 Å². The predicted octanol–water partition coefficient (Wildman–Crippen LogP) is 5.11. The largest absolute Gasteiger partial charge is 0.225 e. The highest BCUT2D eigenvalue weighted by molar-refractivity contribution is 7.19. The van der Waals surface area contributed by atoms with Crippen molar-refractivity contribution in [3.63, 3.8) is 0 Å². The minimum atomic E-state index is -0.0335. The van der Waals surface area contributed by atoms with Gasteiger partial charge in [-0.05, 0) is 91.7 Å². The van der Waals surface area contributed by atoms with Crippen LogP contribution in [0.5, 0.6) is 0 Å². The lowest BCUT2D eigenvalue weighted by atomic mass is 9.46. The topological polar surface area (TPSA) is 86.7 Å². The summed E-state index contributed by atoms with van der Waals surface area (Å²) in [5.74, 6) is 3.14. The van der Waals surface area contributed by atoms with Gasteiger partial charge in [0.2, 0.25) is 0 Å². The molecule has 188 valence electrons. The van der Waals surface area contributed by atoms with Crippen LogP contribution in [0.1, 0.15) is 88.4 Å². The third kappa shape index (κ3) is 2.86. The number of thiophene rings is 1. The summed E-state index contributed by atoms with van der Waals surface area (Å²) in [5, 5.41) is 19.4. The number of nitrogens with zero attached hydrogens (tertiary/aromatic N) is 8. The van der Waals surface area contributed by atoms with Gasteiger partial charge in [-0.1, -0.05) is 27.2 Å². The zero-order valence-electron chi connectivity index (χ0n) is 21.4. The van der Waals surface area contributed by atoms with Crippen LogP contribution in [0.25, 0.3) is 15.9 Å². The second-order valence-corrected chi connectivity index (χ2v) is 14.2. The molecule has 4 aromatic rings. The van der Waals surface area contributed by atoms with Crippen LogP contribution in [0, 0.1) is 23.2 Å². The fraction of sp³-hybridized carbons (Fsp3) is 0.704. The van der Waals surface area contributed by atoms with Gasteiger partial charge in [0.1, 0.15) is 11.2 Å². The van der Waals surface area contributed by atoms with Crippen LogP contribution in [-0.2, 0) is 23.8 Å². The van der Waals surface area contributed by atoms with Crippen LogP contribution >= 0.6 is 11.3 Å². The average Bonchev–Trinajstić information content (AvgIpc) is 3.61. The van der Waals surface area contributed by atoms with Gasteiger partial charge < -0.3 is 0 Å². The van der Waals surface area contributed by atoms with E-state index in [1.807, 2.05) is 27.0 Å². The van der Waals surface area contributed by atoms with Gasteiger partial charge in [-0.2, -0.15) is 4.80 Å². The smallest absolute Gasteiger partial charge is 0.167 e. The zero-order chi connectivity index (χ0) is 24.3. The maximum Gasteiger partial charge on any atom is 0.167 e. The van der Waals surface area contributed by atoms with Crippen molar-refractivity contribution in [2.45, 2.75) is 95.9 Å². The average molecular weight is 503 g/mol. The lowest BCUT2D eigenvalue weighted by Gasteiger charge is -2.60. The van der Waals surface area contributed by atoms with Crippen molar-refractivity contribution in [1.82, 2.24) is 39.8 Å². The van der Waals surface area contributed by atoms with Gasteiger partial charge in [0.05, 0.1) is 10.9 Å². The number of hydrogen-bond acceptors (Lipinski definition) is 7. The lowest BCUT2D eigenvalue weighted by molar-refractivity contribution is -0.0785. The van der Waals surface area contributed by atoms with Crippen LogP contribution in [-0.4, -0.2) is 39.8 Å². The molecule has 9 heteroatoms. The molecule has 0 aromatic carbocycles. The van der Waals surface area contributed by atoms with Crippen LogP contribution in [0.15, 0.2) is 12.7 Å². The third-order valence-electron chi connectivity index (χ3n) is 10.7. The summed E-state index contributed by atoms with van der Waals surface area (Å²) in [6.07, 6.45) is 15.3. The first-order chi connectivity index (χ1) is 17.4. The Morgan fingerprint density at radius 1 is 1.17 bits per heavy atom. The van der Waals surface area contributed by atoms with E-state index in [1.54, 1.807) is 6.33 Å². The zero-order valence-corrected chi connectivity index (χ0v) is 22.3. The number of rotatable bonds is 4. The number of hydrogen-bond donors (Lipinski definition) is 0. The maximum atomic E-state index is 5.36. The van der Waals surface area contributed by atoms with Crippen molar-refractivity contribution in [3.8, 4) is 0 Å². The molecule has 0 amide bonds. The minimum Gasteiger partial charge on any atom is -0.225 e. The molecule has 3 atom stereocenters. The molecule has 4 fully saturated rings. The van der Waals surface area contributed by atoms with E-state index in [2.05, 4.69) is 36.2 Å². The molecule has 0 unspecified atom stereocenters. The quantitative estimate of drug-likeness (QED) is 0.385. The molecular weight excluding hydrogens is 468 g/mol. The summed E-state index contributed by atoms with van der Waals surface area (Å²) in [7, 11) is 0. The third-order valence-corrected chi connectivity index (χ3v) is 11.8. The van der Waals surface area contributed by atoms with E-state index >= 15 is 0 Å². The summed E-state index contributed by atoms with van der Waals surface area (Å²) in [6.45, 7) is 7.20. The van der Waals surface area contributed by atoms with Gasteiger partial charge in [0.25, 0.3) is 0 Å². The molecule has 4 heterocycles. The van der Waals surface area contributed by atoms with E-state index in [-0.39, 0.29) is 11.0 Å². The van der Waals surface area contributed by atoms with Crippen molar-refractivity contribution in [2.75, 3.05) is 0 Å². The number of aryl methyl sites for hydroxylation is 1. The van der Waals surface area contributed by atoms with E-state index in [0.717, 1.165) is 47.9 Å². The summed E-state index contributed by atoms with van der Waals surface area (Å²) in [4.78, 5) is 14.8. The van der Waals surface area contributed by atoms with Crippen LogP contribution in [0.4, 0.5) is 0 Å². The molecule has 4 saturated carbocycles. The van der Waals surface area contributed by atoms with Gasteiger partial charge in [-0.3, -0.25) is 0 Å². The summed E-state index contributed by atoms with van der Waals surface area (Å²) >= 11 is 1.89. The van der Waals surface area contributed by atoms with Gasteiger partial charge in [-0.15, -0.1) is 26.6 Å². The summed E-state index contributed by atoms with van der Waals surface area (Å²) < 4.78 is 1.98. The fourth-order valence-electron chi connectivity index (χ4n) is 8.85. The molecule has 5 aliphatic carbocycles. The number of aromatic nitrogens is 8. The van der Waals surface area contributed by atoms with Gasteiger partial charge in [0.15, 0.2) is 17.8 Å². The van der Waals surface area contributed by atoms with Crippen LogP contribution in [0.2, 0.25) is 0 Å². The minimum absolute atomic E-state index is 0.00237. The van der Waals surface area contributed by atoms with E-state index < -0.39 is 0 Å². The first kappa shape index (κ1) is 21.6. The molecule has 9 rings (SSSR count). The predicted molar refractivity (Wildman–Crippen MR) is 138 cm³/mol. The first-order valence-electron chi connectivity index (χ1n) is 13.8. The first-order valence-corrected chi connectivity index (χ1v) is 14.6. The number of tetrazole rings is 1. The summed E-state index contributed by atoms with van der Waals surface area (Å²) in [6, 6.07) is 0. The molecule has 0 radical (unpaired) electrons. The van der Waals surface area contributed by atoms with E-state index in [1.165, 1.54) is 54.4 Å². The second-order valence-electron chi connectivity index (χ2n) is 13.1. The molecule has 0 saturated heterocycles. The highest BCUT2D eigenvalue weighted by Crippen LogP contribution is 2.64. The highest BCUT2D eigenvalue weighted by Gasteiger charge is 2.61. The Morgan fingerprint density at radius 2 is 2.00 bits per heavy atom. The van der Waals surface area contributed by atoms with E-state index in [9.17, 15) is 0 Å². The van der Waals surface area contributed by atoms with E-state index in [4.69, 9.17) is 15.1 Å². The molecule has 36 heavy (non-hydrogen) atoms. The van der Waals surface area contributed by atoms with Gasteiger partial charge in [0, 0.05) is 10.3 Å². The van der Waals surface area contributed by atoms with Gasteiger partial charge >= 0.3 is 0 Å². The molecule has 8 nitrogen and oxygen atoms in total. The Kier molecular flexibility index (Phi) is 4.28. The maximum absolute atomic E-state index is 5.36. The van der Waals surface area contributed by atoms with Crippen molar-refractivity contribution in [3.05, 3.63) is 28.9 Å². The van der Waals surface area contributed by atoms with Crippen molar-refractivity contribution >= 4 is 27.2 Å². The molecule has 0 N–H and O–H groups in total. The van der Waals surface area contributed by atoms with Gasteiger partial charge in [-0.25, -0.2) is 14.5 Å². The molecular formula is C27H34N8S. The van der Waals surface area contributed by atoms with Crippen molar-refractivity contribution < 1.29 is 0 Å². The lowest BCUT2D eigenvalue weighted by Crippen LogP contribution is -2.59. The normalized spacial score (nSPS) is 33.6. The standard InChI is InChI=1S/C27H34N8S/c1-4-25(2,3)18-5-6-19-20(8-18)36-23-21(19)22-31-24(32-34(22)15-28-23)26-9-16-7-17(10-26)12-27(11-16,13-26)35-30-14-29-33-35/h14-18H,4-13H2,1-3H3/t16-,17-,18+,26?,27?/m0/s1. The Balaban J connectivity index is 1.23. The molecule has 0 aliphatic heterocycles. The SMILES string of the molecule is CCC(C)(C)[C@@H]1CCc2c(sc3ncn4nc(C56C[C@@H]7C[C@@H](C5)CC(n5ncnn5)(C7)C6)nc4c23)C1. The fourth-order valence-corrected chi connectivity index (χ4v) is 10.1. The second kappa shape index (κ2) is 7.11. The Morgan fingerprint density at radius 3 is 2.75 bits per heavy atom. The monoisotopic (exact) mass is 502 g/mol. The van der Waals surface area contributed by atoms with Crippen molar-refractivity contribution in [1.29, 1.82) is 0 Å².